The molecule has 2 bridgehead atoms. The maximum Gasteiger partial charge on any atom is 0.319 e. The Kier molecular flexibility index (Phi) is 5.05. The van der Waals surface area contributed by atoms with E-state index in [1.807, 2.05) is 48.9 Å². The maximum atomic E-state index is 13.9. The lowest BCUT2D eigenvalue weighted by Gasteiger charge is -2.42. The van der Waals surface area contributed by atoms with Gasteiger partial charge in [-0.25, -0.2) is 9.78 Å². The van der Waals surface area contributed by atoms with Crippen LogP contribution >= 0.6 is 0 Å². The molecule has 1 aromatic heterocycles. The highest BCUT2D eigenvalue weighted by Gasteiger charge is 2.50. The SMILES string of the molecule is O=C(Nc1ccccc1)NC12CCCC(C(=O)CC3c4ccccc4-c4cncn43)(CC1)CC2. The second-order valence-corrected chi connectivity index (χ2v) is 10.3. The molecule has 6 nitrogen and oxygen atoms in total. The van der Waals surface area contributed by atoms with E-state index < -0.39 is 0 Å². The summed E-state index contributed by atoms with van der Waals surface area (Å²) < 4.78 is 2.17. The number of rotatable bonds is 5. The standard InChI is InChI=1S/C28H30N4O2/c33-25(17-23-21-9-4-5-10-22(21)24-18-29-19-32(23)24)27-11-6-12-28(15-13-27,16-14-27)31-26(34)30-20-7-2-1-3-8-20/h1-5,7-10,18-19,23H,6,11-17H2,(H2,30,31,34). The normalized spacial score (nSPS) is 26.9. The average molecular weight is 455 g/mol. The number of nitrogens with zero attached hydrogens (tertiary/aromatic N) is 2. The van der Waals surface area contributed by atoms with E-state index >= 15 is 0 Å². The molecule has 2 heterocycles. The predicted molar refractivity (Wildman–Crippen MR) is 132 cm³/mol. The van der Waals surface area contributed by atoms with E-state index in [9.17, 15) is 9.59 Å². The molecule has 2 N–H and O–H groups in total. The number of imidazole rings is 1. The average Bonchev–Trinajstić information content (AvgIpc) is 3.32. The third kappa shape index (κ3) is 3.52. The molecule has 1 atom stereocenters. The molecule has 174 valence electrons. The summed E-state index contributed by atoms with van der Waals surface area (Å²) in [5, 5.41) is 6.24. The van der Waals surface area contributed by atoms with Crippen LogP contribution < -0.4 is 10.6 Å². The Morgan fingerprint density at radius 2 is 1.71 bits per heavy atom. The number of Topliss-reactive ketones (excluding diaryl/α,β-unsaturated/α-hetero) is 1. The van der Waals surface area contributed by atoms with Crippen LogP contribution in [0.1, 0.15) is 63.0 Å². The van der Waals surface area contributed by atoms with Crippen molar-refractivity contribution in [3.05, 3.63) is 72.7 Å². The largest absolute Gasteiger partial charge is 0.332 e. The van der Waals surface area contributed by atoms with Crippen molar-refractivity contribution in [3.63, 3.8) is 0 Å². The number of nitrogens with one attached hydrogen (secondary N) is 2. The van der Waals surface area contributed by atoms with Gasteiger partial charge in [-0.3, -0.25) is 4.79 Å². The van der Waals surface area contributed by atoms with E-state index in [-0.39, 0.29) is 23.0 Å². The number of fused-ring (bicyclic) bond motifs is 7. The van der Waals surface area contributed by atoms with Crippen molar-refractivity contribution in [3.8, 4) is 11.3 Å². The fourth-order valence-electron chi connectivity index (χ4n) is 6.54. The van der Waals surface area contributed by atoms with Gasteiger partial charge in [0, 0.05) is 28.6 Å². The van der Waals surface area contributed by atoms with Gasteiger partial charge in [0.2, 0.25) is 0 Å². The van der Waals surface area contributed by atoms with Crippen molar-refractivity contribution in [2.75, 3.05) is 5.32 Å². The number of hydrogen-bond acceptors (Lipinski definition) is 3. The van der Waals surface area contributed by atoms with Gasteiger partial charge in [0.05, 0.1) is 24.3 Å². The number of aromatic nitrogens is 2. The minimum absolute atomic E-state index is 0.0280. The number of carbonyl (C=O) groups excluding carboxylic acids is 2. The Balaban J connectivity index is 1.16. The lowest BCUT2D eigenvalue weighted by Crippen LogP contribution is -2.52. The number of amides is 2. The molecule has 3 fully saturated rings. The first-order chi connectivity index (χ1) is 16.6. The molecular weight excluding hydrogens is 424 g/mol. The Bertz CT molecular complexity index is 1220. The van der Waals surface area contributed by atoms with Crippen molar-refractivity contribution in [1.82, 2.24) is 14.9 Å². The van der Waals surface area contributed by atoms with Crippen LogP contribution in [0.25, 0.3) is 11.3 Å². The molecule has 3 aliphatic carbocycles. The van der Waals surface area contributed by atoms with E-state index in [0.29, 0.717) is 12.2 Å². The van der Waals surface area contributed by atoms with Crippen LogP contribution in [0.3, 0.4) is 0 Å². The molecular formula is C28H30N4O2. The zero-order valence-electron chi connectivity index (χ0n) is 19.3. The van der Waals surface area contributed by atoms with E-state index in [1.165, 1.54) is 11.1 Å². The van der Waals surface area contributed by atoms with E-state index in [4.69, 9.17) is 0 Å². The van der Waals surface area contributed by atoms with E-state index in [0.717, 1.165) is 56.3 Å². The lowest BCUT2D eigenvalue weighted by molar-refractivity contribution is -0.131. The summed E-state index contributed by atoms with van der Waals surface area (Å²) in [5.74, 6) is 0.373. The fourth-order valence-corrected chi connectivity index (χ4v) is 6.54. The van der Waals surface area contributed by atoms with Crippen molar-refractivity contribution in [1.29, 1.82) is 0 Å². The smallest absolute Gasteiger partial charge is 0.319 e. The number of ketones is 1. The highest BCUT2D eigenvalue weighted by atomic mass is 16.2. The zero-order valence-corrected chi connectivity index (χ0v) is 19.3. The maximum absolute atomic E-state index is 13.9. The third-order valence-corrected chi connectivity index (χ3v) is 8.45. The molecule has 7 rings (SSSR count). The van der Waals surface area contributed by atoms with Crippen molar-refractivity contribution >= 4 is 17.5 Å². The zero-order chi connectivity index (χ0) is 23.2. The van der Waals surface area contributed by atoms with Crippen LogP contribution in [0.2, 0.25) is 0 Å². The summed E-state index contributed by atoms with van der Waals surface area (Å²) in [7, 11) is 0. The van der Waals surface area contributed by atoms with Crippen molar-refractivity contribution in [2.24, 2.45) is 5.41 Å². The molecule has 0 spiro atoms. The van der Waals surface area contributed by atoms with E-state index in [1.54, 1.807) is 0 Å². The molecule has 3 saturated carbocycles. The van der Waals surface area contributed by atoms with Gasteiger partial charge in [-0.05, 0) is 56.2 Å². The molecule has 0 saturated heterocycles. The highest BCUT2D eigenvalue weighted by molar-refractivity contribution is 5.90. The highest BCUT2D eigenvalue weighted by Crippen LogP contribution is 2.52. The molecule has 2 aromatic carbocycles. The first-order valence-electron chi connectivity index (χ1n) is 12.4. The second-order valence-electron chi connectivity index (χ2n) is 10.3. The number of benzene rings is 2. The van der Waals surface area contributed by atoms with E-state index in [2.05, 4.69) is 38.4 Å². The topological polar surface area (TPSA) is 76.0 Å². The molecule has 2 amide bonds. The van der Waals surface area contributed by atoms with Gasteiger partial charge in [0.15, 0.2) is 0 Å². The van der Waals surface area contributed by atoms with Crippen LogP contribution in [0.5, 0.6) is 0 Å². The summed E-state index contributed by atoms with van der Waals surface area (Å²) in [6, 6.07) is 17.8. The first kappa shape index (κ1) is 21.1. The second kappa shape index (κ2) is 8.12. The first-order valence-corrected chi connectivity index (χ1v) is 12.4. The molecule has 0 radical (unpaired) electrons. The summed E-state index contributed by atoms with van der Waals surface area (Å²) in [4.78, 5) is 30.9. The Labute approximate surface area is 199 Å². The molecule has 6 heteroatoms. The minimum atomic E-state index is -0.268. The fraction of sp³-hybridized carbons (Fsp3) is 0.393. The summed E-state index contributed by atoms with van der Waals surface area (Å²) in [6.07, 6.45) is 10.5. The van der Waals surface area contributed by atoms with Gasteiger partial charge in [-0.2, -0.15) is 0 Å². The van der Waals surface area contributed by atoms with Gasteiger partial charge in [-0.1, -0.05) is 48.9 Å². The van der Waals surface area contributed by atoms with Crippen LogP contribution in [-0.2, 0) is 4.79 Å². The molecule has 1 aliphatic heterocycles. The van der Waals surface area contributed by atoms with Gasteiger partial charge < -0.3 is 15.2 Å². The molecule has 34 heavy (non-hydrogen) atoms. The number of hydrogen-bond donors (Lipinski definition) is 2. The Hall–Kier alpha value is -3.41. The number of para-hydroxylation sites is 1. The predicted octanol–water partition coefficient (Wildman–Crippen LogP) is 5.72. The van der Waals surface area contributed by atoms with Crippen molar-refractivity contribution in [2.45, 2.75) is 62.9 Å². The van der Waals surface area contributed by atoms with Gasteiger partial charge in [0.25, 0.3) is 0 Å². The monoisotopic (exact) mass is 454 g/mol. The van der Waals surface area contributed by atoms with Gasteiger partial charge in [0.1, 0.15) is 5.78 Å². The molecule has 3 aromatic rings. The number of urea groups is 1. The summed E-state index contributed by atoms with van der Waals surface area (Å²) in [6.45, 7) is 0. The van der Waals surface area contributed by atoms with Crippen LogP contribution in [0.15, 0.2) is 67.1 Å². The minimum Gasteiger partial charge on any atom is -0.332 e. The van der Waals surface area contributed by atoms with Gasteiger partial charge >= 0.3 is 6.03 Å². The summed E-state index contributed by atoms with van der Waals surface area (Å²) in [5.41, 5.74) is 3.83. The third-order valence-electron chi connectivity index (χ3n) is 8.45. The Morgan fingerprint density at radius 1 is 0.941 bits per heavy atom. The van der Waals surface area contributed by atoms with Crippen LogP contribution in [-0.4, -0.2) is 26.9 Å². The summed E-state index contributed by atoms with van der Waals surface area (Å²) >= 11 is 0. The van der Waals surface area contributed by atoms with Crippen LogP contribution in [0, 0.1) is 5.41 Å². The van der Waals surface area contributed by atoms with Crippen molar-refractivity contribution < 1.29 is 9.59 Å². The van der Waals surface area contributed by atoms with Crippen LogP contribution in [0.4, 0.5) is 10.5 Å². The molecule has 1 unspecified atom stereocenters. The molecule has 4 aliphatic rings. The number of anilines is 1. The quantitative estimate of drug-likeness (QED) is 0.518. The van der Waals surface area contributed by atoms with Gasteiger partial charge in [-0.15, -0.1) is 0 Å². The number of carbonyl (C=O) groups is 2. The Morgan fingerprint density at radius 3 is 2.53 bits per heavy atom. The lowest BCUT2D eigenvalue weighted by atomic mass is 9.65.